The minimum atomic E-state index is -2.57. The number of likely N-dealkylation sites (tertiary alicyclic amines) is 1. The Morgan fingerprint density at radius 3 is 2.10 bits per heavy atom. The molecule has 4 heteroatoms. The minimum Gasteiger partial charge on any atom is -0.298 e. The molecule has 112 valence electrons. The zero-order chi connectivity index (χ0) is 15.2. The van der Waals surface area contributed by atoms with Crippen LogP contribution in [0.1, 0.15) is 45.2 Å². The minimum absolute atomic E-state index is 0.00594. The largest absolute Gasteiger partial charge is 0.298 e. The molecule has 2 rings (SSSR count). The van der Waals surface area contributed by atoms with E-state index in [1.165, 1.54) is 6.92 Å². The lowest BCUT2D eigenvalue weighted by molar-refractivity contribution is -0.126. The van der Waals surface area contributed by atoms with E-state index in [-0.39, 0.29) is 37.8 Å². The van der Waals surface area contributed by atoms with Gasteiger partial charge in [-0.1, -0.05) is 44.2 Å². The zero-order valence-corrected chi connectivity index (χ0v) is 12.4. The second kappa shape index (κ2) is 7.48. The standard InChI is InChI=1S/C14H17F2NO.C2H6/c1-11(18)13(12-5-3-2-4-6-12)17-9-7-14(15,16)8-10-17;1-2/h2-6,13H,7-10H2,1H3;1-2H3. The molecule has 0 aromatic heterocycles. The highest BCUT2D eigenvalue weighted by atomic mass is 19.3. The Morgan fingerprint density at radius 2 is 1.65 bits per heavy atom. The molecule has 20 heavy (non-hydrogen) atoms. The van der Waals surface area contributed by atoms with Gasteiger partial charge in [-0.05, 0) is 12.5 Å². The highest BCUT2D eigenvalue weighted by molar-refractivity contribution is 5.82. The maximum Gasteiger partial charge on any atom is 0.250 e. The Morgan fingerprint density at radius 1 is 1.15 bits per heavy atom. The van der Waals surface area contributed by atoms with Crippen molar-refractivity contribution in [1.82, 2.24) is 4.90 Å². The van der Waals surface area contributed by atoms with E-state index in [2.05, 4.69) is 0 Å². The maximum absolute atomic E-state index is 13.1. The summed E-state index contributed by atoms with van der Waals surface area (Å²) in [6, 6.07) is 8.97. The van der Waals surface area contributed by atoms with Gasteiger partial charge in [0.2, 0.25) is 0 Å². The van der Waals surface area contributed by atoms with Crippen LogP contribution < -0.4 is 0 Å². The number of carbonyl (C=O) groups is 1. The number of halogens is 2. The molecular formula is C16H23F2NO. The van der Waals surface area contributed by atoms with Crippen molar-refractivity contribution in [2.75, 3.05) is 13.1 Å². The number of alkyl halides is 2. The number of nitrogens with zero attached hydrogens (tertiary/aromatic N) is 1. The summed E-state index contributed by atoms with van der Waals surface area (Å²) < 4.78 is 26.3. The van der Waals surface area contributed by atoms with Crippen molar-refractivity contribution in [3.05, 3.63) is 35.9 Å². The van der Waals surface area contributed by atoms with Gasteiger partial charge in [0.1, 0.15) is 0 Å². The lowest BCUT2D eigenvalue weighted by Gasteiger charge is -2.36. The van der Waals surface area contributed by atoms with Crippen molar-refractivity contribution < 1.29 is 13.6 Å². The van der Waals surface area contributed by atoms with Gasteiger partial charge in [0, 0.05) is 25.9 Å². The number of ketones is 1. The number of rotatable bonds is 3. The fourth-order valence-electron chi connectivity index (χ4n) is 2.45. The van der Waals surface area contributed by atoms with Gasteiger partial charge >= 0.3 is 0 Å². The Balaban J connectivity index is 0.000000956. The summed E-state index contributed by atoms with van der Waals surface area (Å²) in [4.78, 5) is 13.6. The SMILES string of the molecule is CC.CC(=O)C(c1ccccc1)N1CCC(F)(F)CC1. The monoisotopic (exact) mass is 283 g/mol. The number of piperidine rings is 1. The topological polar surface area (TPSA) is 20.3 Å². The molecule has 0 radical (unpaired) electrons. The summed E-state index contributed by atoms with van der Waals surface area (Å²) in [5, 5.41) is 0. The average molecular weight is 283 g/mol. The van der Waals surface area contributed by atoms with Crippen LogP contribution in [-0.4, -0.2) is 29.7 Å². The number of hydrogen-bond acceptors (Lipinski definition) is 2. The van der Waals surface area contributed by atoms with E-state index in [4.69, 9.17) is 0 Å². The van der Waals surface area contributed by atoms with Crippen LogP contribution in [0.5, 0.6) is 0 Å². The van der Waals surface area contributed by atoms with Gasteiger partial charge in [-0.3, -0.25) is 9.69 Å². The predicted molar refractivity (Wildman–Crippen MR) is 77.0 cm³/mol. The lowest BCUT2D eigenvalue weighted by Crippen LogP contribution is -2.43. The van der Waals surface area contributed by atoms with E-state index in [0.717, 1.165) is 5.56 Å². The van der Waals surface area contributed by atoms with Gasteiger partial charge in [-0.2, -0.15) is 0 Å². The van der Waals surface area contributed by atoms with E-state index in [0.29, 0.717) is 0 Å². The third-order valence-electron chi connectivity index (χ3n) is 3.40. The van der Waals surface area contributed by atoms with Crippen LogP contribution in [0.3, 0.4) is 0 Å². The molecule has 2 nitrogen and oxygen atoms in total. The first kappa shape index (κ1) is 16.8. The Hall–Kier alpha value is -1.29. The molecule has 1 aromatic carbocycles. The summed E-state index contributed by atoms with van der Waals surface area (Å²) in [5.74, 6) is -2.57. The molecule has 0 saturated carbocycles. The Labute approximate surface area is 119 Å². The molecule has 1 unspecified atom stereocenters. The molecule has 1 atom stereocenters. The van der Waals surface area contributed by atoms with Gasteiger partial charge in [0.15, 0.2) is 5.78 Å². The van der Waals surface area contributed by atoms with Crippen LogP contribution >= 0.6 is 0 Å². The van der Waals surface area contributed by atoms with Crippen molar-refractivity contribution in [1.29, 1.82) is 0 Å². The van der Waals surface area contributed by atoms with Gasteiger partial charge < -0.3 is 0 Å². The first-order valence-corrected chi connectivity index (χ1v) is 7.17. The molecule has 1 heterocycles. The molecule has 1 fully saturated rings. The fraction of sp³-hybridized carbons (Fsp3) is 0.562. The van der Waals surface area contributed by atoms with Crippen LogP contribution in [0.25, 0.3) is 0 Å². The molecular weight excluding hydrogens is 260 g/mol. The van der Waals surface area contributed by atoms with E-state index < -0.39 is 5.92 Å². The van der Waals surface area contributed by atoms with E-state index >= 15 is 0 Å². The van der Waals surface area contributed by atoms with E-state index in [9.17, 15) is 13.6 Å². The van der Waals surface area contributed by atoms with Crippen LogP contribution in [0.15, 0.2) is 30.3 Å². The van der Waals surface area contributed by atoms with Gasteiger partial charge in [0.05, 0.1) is 6.04 Å². The van der Waals surface area contributed by atoms with Crippen molar-refractivity contribution >= 4 is 5.78 Å². The molecule has 0 amide bonds. The van der Waals surface area contributed by atoms with Gasteiger partial charge in [-0.15, -0.1) is 0 Å². The lowest BCUT2D eigenvalue weighted by atomic mass is 9.97. The van der Waals surface area contributed by atoms with Crippen LogP contribution in [0.2, 0.25) is 0 Å². The summed E-state index contributed by atoms with van der Waals surface area (Å²) >= 11 is 0. The highest BCUT2D eigenvalue weighted by Gasteiger charge is 2.37. The van der Waals surface area contributed by atoms with Crippen molar-refractivity contribution in [3.63, 3.8) is 0 Å². The van der Waals surface area contributed by atoms with Crippen molar-refractivity contribution in [3.8, 4) is 0 Å². The molecule has 0 aliphatic carbocycles. The van der Waals surface area contributed by atoms with E-state index in [1.807, 2.05) is 49.1 Å². The smallest absolute Gasteiger partial charge is 0.250 e. The highest BCUT2D eigenvalue weighted by Crippen LogP contribution is 2.32. The van der Waals surface area contributed by atoms with Crippen LogP contribution in [-0.2, 0) is 4.79 Å². The maximum atomic E-state index is 13.1. The van der Waals surface area contributed by atoms with Gasteiger partial charge in [-0.25, -0.2) is 8.78 Å². The van der Waals surface area contributed by atoms with Gasteiger partial charge in [0.25, 0.3) is 5.92 Å². The average Bonchev–Trinajstić information content (AvgIpc) is 2.44. The first-order chi connectivity index (χ1) is 9.49. The van der Waals surface area contributed by atoms with Crippen LogP contribution in [0, 0.1) is 0 Å². The Bertz CT molecular complexity index is 410. The molecule has 1 aromatic rings. The fourth-order valence-corrected chi connectivity index (χ4v) is 2.45. The quantitative estimate of drug-likeness (QED) is 0.833. The third kappa shape index (κ3) is 4.37. The number of benzene rings is 1. The number of hydrogen-bond donors (Lipinski definition) is 0. The molecule has 0 N–H and O–H groups in total. The summed E-state index contributed by atoms with van der Waals surface area (Å²) in [6.07, 6.45) is -0.326. The van der Waals surface area contributed by atoms with Crippen molar-refractivity contribution in [2.45, 2.75) is 45.6 Å². The van der Waals surface area contributed by atoms with Crippen molar-refractivity contribution in [2.24, 2.45) is 0 Å². The second-order valence-electron chi connectivity index (χ2n) is 4.82. The summed E-state index contributed by atoms with van der Waals surface area (Å²) in [7, 11) is 0. The predicted octanol–water partition coefficient (Wildman–Crippen LogP) is 4.07. The summed E-state index contributed by atoms with van der Waals surface area (Å²) in [5.41, 5.74) is 0.884. The molecule has 0 bridgehead atoms. The Kier molecular flexibility index (Phi) is 6.27. The number of carbonyl (C=O) groups excluding carboxylic acids is 1. The van der Waals surface area contributed by atoms with E-state index in [1.54, 1.807) is 0 Å². The normalized spacial score (nSPS) is 19.6. The molecule has 1 aliphatic rings. The van der Waals surface area contributed by atoms with Crippen LogP contribution in [0.4, 0.5) is 8.78 Å². The second-order valence-corrected chi connectivity index (χ2v) is 4.82. The summed E-state index contributed by atoms with van der Waals surface area (Å²) in [6.45, 7) is 6.06. The molecule has 0 spiro atoms. The third-order valence-corrected chi connectivity index (χ3v) is 3.40. The first-order valence-electron chi connectivity index (χ1n) is 7.17. The molecule has 1 aliphatic heterocycles. The number of Topliss-reactive ketones (excluding diaryl/α,β-unsaturated/α-hetero) is 1. The zero-order valence-electron chi connectivity index (χ0n) is 12.4. The molecule has 1 saturated heterocycles.